The molecule has 112 valence electrons. The molecular weight excluding hydrogens is 370 g/mol. The number of carbonyl (C=O) groups excluding carboxylic acids is 1. The highest BCUT2D eigenvalue weighted by Gasteiger charge is 2.26. The number of rotatable bonds is 3. The minimum atomic E-state index is -3.98. The molecule has 0 spiro atoms. The van der Waals surface area contributed by atoms with Crippen LogP contribution in [0.2, 0.25) is 0 Å². The SMILES string of the molecule is CN1CCN(C(=O)c2cc(Br)c(S(=O)(=O)NO)s2)CC1. The Kier molecular flexibility index (Phi) is 4.82. The molecule has 10 heteroatoms. The first-order valence-electron chi connectivity index (χ1n) is 5.78. The van der Waals surface area contributed by atoms with E-state index in [-0.39, 0.29) is 14.6 Å². The van der Waals surface area contributed by atoms with E-state index in [1.54, 1.807) is 4.90 Å². The van der Waals surface area contributed by atoms with Crippen molar-refractivity contribution >= 4 is 43.2 Å². The fourth-order valence-electron chi connectivity index (χ4n) is 1.85. The lowest BCUT2D eigenvalue weighted by Gasteiger charge is -2.32. The average molecular weight is 384 g/mol. The van der Waals surface area contributed by atoms with Crippen molar-refractivity contribution in [2.75, 3.05) is 33.2 Å². The molecule has 2 heterocycles. The zero-order chi connectivity index (χ0) is 14.9. The Morgan fingerprint density at radius 2 is 2.00 bits per heavy atom. The van der Waals surface area contributed by atoms with Crippen molar-refractivity contribution in [3.8, 4) is 0 Å². The van der Waals surface area contributed by atoms with Gasteiger partial charge in [-0.15, -0.1) is 11.3 Å². The zero-order valence-corrected chi connectivity index (χ0v) is 13.9. The lowest BCUT2D eigenvalue weighted by atomic mass is 10.3. The Morgan fingerprint density at radius 1 is 1.40 bits per heavy atom. The maximum Gasteiger partial charge on any atom is 0.272 e. The van der Waals surface area contributed by atoms with Crippen LogP contribution in [-0.4, -0.2) is 62.6 Å². The molecule has 0 atom stereocenters. The summed E-state index contributed by atoms with van der Waals surface area (Å²) in [7, 11) is -2.00. The van der Waals surface area contributed by atoms with Crippen molar-refractivity contribution in [1.82, 2.24) is 14.7 Å². The molecule has 7 nitrogen and oxygen atoms in total. The highest BCUT2D eigenvalue weighted by Crippen LogP contribution is 2.32. The van der Waals surface area contributed by atoms with Crippen LogP contribution in [0.1, 0.15) is 9.67 Å². The van der Waals surface area contributed by atoms with Crippen LogP contribution in [0.4, 0.5) is 0 Å². The normalized spacial score (nSPS) is 17.4. The number of nitrogens with zero attached hydrogens (tertiary/aromatic N) is 2. The van der Waals surface area contributed by atoms with Gasteiger partial charge < -0.3 is 15.0 Å². The summed E-state index contributed by atoms with van der Waals surface area (Å²) < 4.78 is 23.3. The van der Waals surface area contributed by atoms with Gasteiger partial charge in [-0.3, -0.25) is 4.79 Å². The second-order valence-corrected chi connectivity index (χ2v) is 8.20. The Morgan fingerprint density at radius 3 is 2.55 bits per heavy atom. The standard InChI is InChI=1S/C10H14BrN3O4S2/c1-13-2-4-14(5-3-13)9(15)8-6-7(11)10(19-8)20(17,18)12-16/h6,12,16H,2-5H2,1H3. The van der Waals surface area contributed by atoms with Crippen LogP contribution >= 0.6 is 27.3 Å². The number of amides is 1. The summed E-state index contributed by atoms with van der Waals surface area (Å²) in [6.07, 6.45) is 0. The van der Waals surface area contributed by atoms with Crippen LogP contribution in [0.25, 0.3) is 0 Å². The molecular formula is C10H14BrN3O4S2. The Bertz CT molecular complexity index is 608. The first-order chi connectivity index (χ1) is 9.35. The van der Waals surface area contributed by atoms with Crippen molar-refractivity contribution < 1.29 is 18.4 Å². The van der Waals surface area contributed by atoms with Gasteiger partial charge in [0, 0.05) is 30.7 Å². The summed E-state index contributed by atoms with van der Waals surface area (Å²) >= 11 is 3.93. The highest BCUT2D eigenvalue weighted by atomic mass is 79.9. The fraction of sp³-hybridized carbons (Fsp3) is 0.500. The summed E-state index contributed by atoms with van der Waals surface area (Å²) in [6, 6.07) is 1.47. The predicted octanol–water partition coefficient (Wildman–Crippen LogP) is 0.566. The molecule has 0 saturated carbocycles. The van der Waals surface area contributed by atoms with Gasteiger partial charge in [-0.2, -0.15) is 0 Å². The van der Waals surface area contributed by atoms with E-state index in [1.807, 2.05) is 7.05 Å². The van der Waals surface area contributed by atoms with Crippen LogP contribution in [0.3, 0.4) is 0 Å². The molecule has 0 aliphatic carbocycles. The van der Waals surface area contributed by atoms with Gasteiger partial charge in [-0.1, -0.05) is 4.89 Å². The molecule has 1 aromatic heterocycles. The number of carbonyl (C=O) groups is 1. The molecule has 1 fully saturated rings. The molecule has 0 aromatic carbocycles. The van der Waals surface area contributed by atoms with E-state index in [9.17, 15) is 13.2 Å². The van der Waals surface area contributed by atoms with Gasteiger partial charge in [0.25, 0.3) is 15.9 Å². The number of sulfonamides is 1. The minimum Gasteiger partial charge on any atom is -0.335 e. The van der Waals surface area contributed by atoms with Gasteiger partial charge >= 0.3 is 0 Å². The minimum absolute atomic E-state index is 0.113. The highest BCUT2D eigenvalue weighted by molar-refractivity contribution is 9.10. The summed E-state index contributed by atoms with van der Waals surface area (Å²) in [5.74, 6) is -0.191. The van der Waals surface area contributed by atoms with E-state index in [0.29, 0.717) is 18.0 Å². The first kappa shape index (κ1) is 15.9. The molecule has 2 N–H and O–H groups in total. The third kappa shape index (κ3) is 3.21. The molecule has 2 rings (SSSR count). The van der Waals surface area contributed by atoms with Crippen molar-refractivity contribution in [1.29, 1.82) is 0 Å². The van der Waals surface area contributed by atoms with Crippen LogP contribution in [0.5, 0.6) is 0 Å². The molecule has 1 aliphatic heterocycles. The van der Waals surface area contributed by atoms with E-state index >= 15 is 0 Å². The predicted molar refractivity (Wildman–Crippen MR) is 77.5 cm³/mol. The van der Waals surface area contributed by atoms with Gasteiger partial charge in [0.1, 0.15) is 0 Å². The topological polar surface area (TPSA) is 90.0 Å². The maximum atomic E-state index is 12.3. The quantitative estimate of drug-likeness (QED) is 0.744. The maximum absolute atomic E-state index is 12.3. The fourth-order valence-corrected chi connectivity index (χ4v) is 5.08. The number of piperazine rings is 1. The third-order valence-corrected chi connectivity index (χ3v) is 6.95. The van der Waals surface area contributed by atoms with Crippen molar-refractivity contribution in [2.45, 2.75) is 4.21 Å². The second kappa shape index (κ2) is 6.08. The Labute approximate surface area is 129 Å². The average Bonchev–Trinajstić information content (AvgIpc) is 2.81. The van der Waals surface area contributed by atoms with Crippen LogP contribution < -0.4 is 4.89 Å². The molecule has 1 aliphatic rings. The number of halogens is 1. The van der Waals surface area contributed by atoms with Gasteiger partial charge in [-0.25, -0.2) is 8.42 Å². The molecule has 0 unspecified atom stereocenters. The van der Waals surface area contributed by atoms with Crippen molar-refractivity contribution in [3.05, 3.63) is 15.4 Å². The number of hydrogen-bond acceptors (Lipinski definition) is 6. The Hall–Kier alpha value is -0.520. The zero-order valence-electron chi connectivity index (χ0n) is 10.7. The molecule has 0 bridgehead atoms. The number of hydrogen-bond donors (Lipinski definition) is 2. The first-order valence-corrected chi connectivity index (χ1v) is 8.87. The monoisotopic (exact) mass is 383 g/mol. The number of likely N-dealkylation sites (N-methyl/N-ethyl adjacent to an activating group) is 1. The number of thiophene rings is 1. The van der Waals surface area contributed by atoms with Crippen LogP contribution in [0, 0.1) is 0 Å². The number of nitrogens with one attached hydrogen (secondary N) is 1. The molecule has 20 heavy (non-hydrogen) atoms. The summed E-state index contributed by atoms with van der Waals surface area (Å²) in [5.41, 5.74) is 0. The van der Waals surface area contributed by atoms with Crippen LogP contribution in [-0.2, 0) is 10.0 Å². The van der Waals surface area contributed by atoms with E-state index in [4.69, 9.17) is 5.21 Å². The summed E-state index contributed by atoms with van der Waals surface area (Å²) in [6.45, 7) is 2.82. The van der Waals surface area contributed by atoms with Crippen molar-refractivity contribution in [3.63, 3.8) is 0 Å². The molecule has 0 radical (unpaired) electrons. The lowest BCUT2D eigenvalue weighted by Crippen LogP contribution is -2.46. The molecule has 1 saturated heterocycles. The lowest BCUT2D eigenvalue weighted by molar-refractivity contribution is 0.0669. The smallest absolute Gasteiger partial charge is 0.272 e. The molecule has 1 aromatic rings. The van der Waals surface area contributed by atoms with Gasteiger partial charge in [0.2, 0.25) is 0 Å². The van der Waals surface area contributed by atoms with Gasteiger partial charge in [0.15, 0.2) is 4.21 Å². The van der Waals surface area contributed by atoms with E-state index in [0.717, 1.165) is 24.4 Å². The summed E-state index contributed by atoms with van der Waals surface area (Å²) in [4.78, 5) is 17.7. The van der Waals surface area contributed by atoms with Crippen molar-refractivity contribution in [2.24, 2.45) is 0 Å². The van der Waals surface area contributed by atoms with Gasteiger partial charge in [0.05, 0.1) is 4.88 Å². The summed E-state index contributed by atoms with van der Waals surface area (Å²) in [5, 5.41) is 8.64. The van der Waals surface area contributed by atoms with E-state index in [1.165, 1.54) is 11.0 Å². The molecule has 1 amide bonds. The van der Waals surface area contributed by atoms with Crippen LogP contribution in [0.15, 0.2) is 14.7 Å². The third-order valence-electron chi connectivity index (χ3n) is 3.02. The largest absolute Gasteiger partial charge is 0.335 e. The van der Waals surface area contributed by atoms with Gasteiger partial charge in [-0.05, 0) is 29.0 Å². The van der Waals surface area contributed by atoms with E-state index in [2.05, 4.69) is 20.8 Å². The Balaban J connectivity index is 2.22. The van der Waals surface area contributed by atoms with E-state index < -0.39 is 10.0 Å². The second-order valence-electron chi connectivity index (χ2n) is 4.44.